The van der Waals surface area contributed by atoms with Gasteiger partial charge in [-0.15, -0.1) is 0 Å². The number of hydrogen-bond acceptors (Lipinski definition) is 4. The van der Waals surface area contributed by atoms with Crippen LogP contribution in [0.4, 0.5) is 20.2 Å². The summed E-state index contributed by atoms with van der Waals surface area (Å²) < 4.78 is 80.2. The predicted molar refractivity (Wildman–Crippen MR) is 101 cm³/mol. The van der Waals surface area contributed by atoms with Crippen molar-refractivity contribution >= 4 is 31.4 Å². The lowest BCUT2D eigenvalue weighted by Crippen LogP contribution is -2.15. The van der Waals surface area contributed by atoms with Crippen LogP contribution in [-0.4, -0.2) is 16.8 Å². The van der Waals surface area contributed by atoms with Crippen LogP contribution in [0.5, 0.6) is 0 Å². The van der Waals surface area contributed by atoms with Crippen LogP contribution in [0, 0.1) is 11.6 Å². The Morgan fingerprint density at radius 3 is 1.68 bits per heavy atom. The summed E-state index contributed by atoms with van der Waals surface area (Å²) in [4.78, 5) is -0.327. The second-order valence-electron chi connectivity index (χ2n) is 5.67. The fourth-order valence-corrected chi connectivity index (χ4v) is 4.40. The highest BCUT2D eigenvalue weighted by Crippen LogP contribution is 2.22. The molecule has 28 heavy (non-hydrogen) atoms. The van der Waals surface area contributed by atoms with Crippen LogP contribution in [-0.2, 0) is 20.0 Å². The number of halogens is 2. The molecule has 0 aliphatic rings. The molecule has 0 aliphatic heterocycles. The fourth-order valence-electron chi connectivity index (χ4n) is 2.28. The van der Waals surface area contributed by atoms with Crippen LogP contribution in [0.1, 0.15) is 0 Å². The third-order valence-electron chi connectivity index (χ3n) is 3.66. The normalized spacial score (nSPS) is 11.8. The zero-order chi connectivity index (χ0) is 20.4. The summed E-state index contributed by atoms with van der Waals surface area (Å²) in [7, 11) is -8.03. The first-order valence-corrected chi connectivity index (χ1v) is 10.8. The number of rotatable bonds is 6. The van der Waals surface area contributed by atoms with E-state index in [-0.39, 0.29) is 21.2 Å². The number of anilines is 2. The lowest BCUT2D eigenvalue weighted by atomic mass is 10.3. The Hall–Kier alpha value is -2.98. The van der Waals surface area contributed by atoms with Crippen molar-refractivity contribution < 1.29 is 25.6 Å². The Morgan fingerprint density at radius 1 is 0.607 bits per heavy atom. The van der Waals surface area contributed by atoms with Gasteiger partial charge in [-0.2, -0.15) is 0 Å². The highest BCUT2D eigenvalue weighted by atomic mass is 32.2. The van der Waals surface area contributed by atoms with Gasteiger partial charge in [-0.25, -0.2) is 25.6 Å². The van der Waals surface area contributed by atoms with Crippen molar-refractivity contribution in [2.24, 2.45) is 0 Å². The average molecular weight is 424 g/mol. The number of benzene rings is 3. The van der Waals surface area contributed by atoms with E-state index in [4.69, 9.17) is 0 Å². The van der Waals surface area contributed by atoms with Gasteiger partial charge in [0.05, 0.1) is 15.5 Å². The molecule has 146 valence electrons. The minimum atomic E-state index is -4.06. The second kappa shape index (κ2) is 7.56. The third kappa shape index (κ3) is 4.46. The Labute approximate surface area is 160 Å². The molecule has 0 unspecified atom stereocenters. The van der Waals surface area contributed by atoms with Gasteiger partial charge in [-0.05, 0) is 60.7 Å². The van der Waals surface area contributed by atoms with Gasteiger partial charge in [-0.1, -0.05) is 12.1 Å². The molecule has 0 fully saturated rings. The van der Waals surface area contributed by atoms with Crippen LogP contribution in [0.15, 0.2) is 82.6 Å². The van der Waals surface area contributed by atoms with E-state index in [0.717, 1.165) is 30.3 Å². The highest BCUT2D eigenvalue weighted by Gasteiger charge is 2.18. The standard InChI is InChI=1S/C18H14F2N2O4S2/c19-13-5-9-15(10-6-13)27(23,24)21-14-7-11-16(12-8-14)28(25,26)22-18-4-2-1-3-17(18)20/h1-12,21-22H. The zero-order valence-electron chi connectivity index (χ0n) is 14.1. The van der Waals surface area contributed by atoms with Crippen molar-refractivity contribution in [2.45, 2.75) is 9.79 Å². The van der Waals surface area contributed by atoms with E-state index in [1.165, 1.54) is 42.5 Å². The summed E-state index contributed by atoms with van der Waals surface area (Å²) in [5.41, 5.74) is -0.0993. The maximum absolute atomic E-state index is 13.6. The van der Waals surface area contributed by atoms with Crippen LogP contribution < -0.4 is 9.44 Å². The molecular formula is C18H14F2N2O4S2. The molecule has 10 heteroatoms. The van der Waals surface area contributed by atoms with Crippen molar-refractivity contribution in [3.05, 3.63) is 84.4 Å². The molecule has 0 aliphatic carbocycles. The quantitative estimate of drug-likeness (QED) is 0.633. The molecule has 6 nitrogen and oxygen atoms in total. The lowest BCUT2D eigenvalue weighted by molar-refractivity contribution is 0.598. The SMILES string of the molecule is O=S(=O)(Nc1ccc(S(=O)(=O)Nc2ccccc2F)cc1)c1ccc(F)cc1. The molecule has 0 amide bonds. The van der Waals surface area contributed by atoms with Gasteiger partial charge in [0.15, 0.2) is 0 Å². The van der Waals surface area contributed by atoms with Crippen molar-refractivity contribution in [1.82, 2.24) is 0 Å². The van der Waals surface area contributed by atoms with Crippen LogP contribution in [0.3, 0.4) is 0 Å². The molecule has 3 aromatic carbocycles. The topological polar surface area (TPSA) is 92.3 Å². The first-order chi connectivity index (χ1) is 13.2. The molecule has 3 rings (SSSR count). The summed E-state index contributed by atoms with van der Waals surface area (Å²) in [6.45, 7) is 0. The Balaban J connectivity index is 1.79. The molecular weight excluding hydrogens is 410 g/mol. The molecule has 0 heterocycles. The maximum atomic E-state index is 13.6. The number of para-hydroxylation sites is 1. The minimum Gasteiger partial charge on any atom is -0.280 e. The second-order valence-corrected chi connectivity index (χ2v) is 9.03. The van der Waals surface area contributed by atoms with Crippen molar-refractivity contribution in [3.63, 3.8) is 0 Å². The highest BCUT2D eigenvalue weighted by molar-refractivity contribution is 7.93. The average Bonchev–Trinajstić information content (AvgIpc) is 2.64. The van der Waals surface area contributed by atoms with Gasteiger partial charge >= 0.3 is 0 Å². The van der Waals surface area contributed by atoms with Gasteiger partial charge in [-0.3, -0.25) is 9.44 Å². The summed E-state index contributed by atoms with van der Waals surface area (Å²) in [5.74, 6) is -1.30. The smallest absolute Gasteiger partial charge is 0.261 e. The molecule has 0 bridgehead atoms. The van der Waals surface area contributed by atoms with E-state index in [2.05, 4.69) is 9.44 Å². The first kappa shape index (κ1) is 19.8. The molecule has 2 N–H and O–H groups in total. The summed E-state index contributed by atoms with van der Waals surface area (Å²) in [5, 5.41) is 0. The molecule has 0 atom stereocenters. The molecule has 0 saturated carbocycles. The summed E-state index contributed by atoms with van der Waals surface area (Å²) in [6, 6.07) is 14.4. The summed E-state index contributed by atoms with van der Waals surface area (Å²) >= 11 is 0. The predicted octanol–water partition coefficient (Wildman–Crippen LogP) is 3.57. The zero-order valence-corrected chi connectivity index (χ0v) is 15.8. The van der Waals surface area contributed by atoms with Crippen LogP contribution >= 0.6 is 0 Å². The van der Waals surface area contributed by atoms with Gasteiger partial charge in [0.25, 0.3) is 20.0 Å². The van der Waals surface area contributed by atoms with Gasteiger partial charge in [0.1, 0.15) is 11.6 Å². The lowest BCUT2D eigenvalue weighted by Gasteiger charge is -2.11. The monoisotopic (exact) mass is 424 g/mol. The molecule has 3 aromatic rings. The molecule has 0 aromatic heterocycles. The Morgan fingerprint density at radius 2 is 1.11 bits per heavy atom. The third-order valence-corrected chi connectivity index (χ3v) is 6.44. The van der Waals surface area contributed by atoms with Crippen molar-refractivity contribution in [1.29, 1.82) is 0 Å². The van der Waals surface area contributed by atoms with Crippen molar-refractivity contribution in [3.8, 4) is 0 Å². The van der Waals surface area contributed by atoms with Crippen LogP contribution in [0.2, 0.25) is 0 Å². The van der Waals surface area contributed by atoms with Crippen LogP contribution in [0.25, 0.3) is 0 Å². The van der Waals surface area contributed by atoms with E-state index < -0.39 is 31.7 Å². The van der Waals surface area contributed by atoms with E-state index in [1.807, 2.05) is 0 Å². The maximum Gasteiger partial charge on any atom is 0.261 e. The summed E-state index contributed by atoms with van der Waals surface area (Å²) in [6.07, 6.45) is 0. The van der Waals surface area contributed by atoms with E-state index >= 15 is 0 Å². The van der Waals surface area contributed by atoms with Gasteiger partial charge < -0.3 is 0 Å². The number of nitrogens with one attached hydrogen (secondary N) is 2. The van der Waals surface area contributed by atoms with Gasteiger partial charge in [0, 0.05) is 5.69 Å². The largest absolute Gasteiger partial charge is 0.280 e. The fraction of sp³-hybridized carbons (Fsp3) is 0. The Bertz CT molecular complexity index is 1200. The molecule has 0 radical (unpaired) electrons. The van der Waals surface area contributed by atoms with Crippen molar-refractivity contribution in [2.75, 3.05) is 9.44 Å². The van der Waals surface area contributed by atoms with E-state index in [9.17, 15) is 25.6 Å². The van der Waals surface area contributed by atoms with E-state index in [0.29, 0.717) is 0 Å². The molecule has 0 saturated heterocycles. The first-order valence-electron chi connectivity index (χ1n) is 7.83. The Kier molecular flexibility index (Phi) is 5.34. The van der Waals surface area contributed by atoms with Gasteiger partial charge in [0.2, 0.25) is 0 Å². The molecule has 0 spiro atoms. The number of hydrogen-bond donors (Lipinski definition) is 2. The number of sulfonamides is 2. The van der Waals surface area contributed by atoms with E-state index in [1.54, 1.807) is 0 Å². The minimum absolute atomic E-state index is 0.106.